The van der Waals surface area contributed by atoms with Gasteiger partial charge in [0.1, 0.15) is 0 Å². The van der Waals surface area contributed by atoms with E-state index in [1.807, 2.05) is 0 Å². The van der Waals surface area contributed by atoms with Gasteiger partial charge in [-0.15, -0.1) is 0 Å². The number of hydrogen-bond donors (Lipinski definition) is 1. The molecule has 0 atom stereocenters. The average Bonchev–Trinajstić information content (AvgIpc) is 2.44. The minimum Gasteiger partial charge on any atom is -0.319 e. The van der Waals surface area contributed by atoms with Crippen molar-refractivity contribution in [2.45, 2.75) is 37.6 Å². The fraction of sp³-hybridized carbons (Fsp3) is 0.875. The van der Waals surface area contributed by atoms with Crippen LogP contribution in [0.25, 0.3) is 0 Å². The van der Waals surface area contributed by atoms with Gasteiger partial charge in [-0.25, -0.2) is 0 Å². The summed E-state index contributed by atoms with van der Waals surface area (Å²) in [5.41, 5.74) is 5.39. The van der Waals surface area contributed by atoms with E-state index in [1.165, 1.54) is 6.42 Å². The minimum absolute atomic E-state index is 0.340. The lowest BCUT2D eigenvalue weighted by atomic mass is 9.79. The second-order valence-electron chi connectivity index (χ2n) is 3.65. The van der Waals surface area contributed by atoms with E-state index in [0.29, 0.717) is 11.7 Å². The van der Waals surface area contributed by atoms with Gasteiger partial charge in [-0.1, -0.05) is 6.42 Å². The third-order valence-electron chi connectivity index (χ3n) is 2.76. The first-order valence-electron chi connectivity index (χ1n) is 4.06. The average molecular weight is 139 g/mol. The molecule has 10 heavy (non-hydrogen) atoms. The lowest BCUT2D eigenvalue weighted by molar-refractivity contribution is -0.127. The van der Waals surface area contributed by atoms with Crippen molar-refractivity contribution in [2.24, 2.45) is 11.7 Å². The molecule has 0 aromatic heterocycles. The SMILES string of the molecule is NC1(C(=O)C2CCC2)CC1. The molecule has 0 aromatic carbocycles. The molecule has 0 unspecified atom stereocenters. The molecule has 0 radical (unpaired) electrons. The van der Waals surface area contributed by atoms with Crippen molar-refractivity contribution < 1.29 is 4.79 Å². The van der Waals surface area contributed by atoms with E-state index in [1.54, 1.807) is 0 Å². The summed E-state index contributed by atoms with van der Waals surface area (Å²) < 4.78 is 0. The standard InChI is InChI=1S/C8H13NO/c9-8(4-5-8)7(10)6-2-1-3-6/h6H,1-5,9H2. The van der Waals surface area contributed by atoms with E-state index in [-0.39, 0.29) is 5.54 Å². The Morgan fingerprint density at radius 1 is 1.40 bits per heavy atom. The third kappa shape index (κ3) is 0.788. The fourth-order valence-corrected chi connectivity index (χ4v) is 1.46. The Morgan fingerprint density at radius 2 is 2.00 bits per heavy atom. The Morgan fingerprint density at radius 3 is 2.30 bits per heavy atom. The number of Topliss-reactive ketones (excluding diaryl/α,β-unsaturated/α-hetero) is 1. The Bertz CT molecular complexity index is 168. The van der Waals surface area contributed by atoms with Crippen LogP contribution in [0.2, 0.25) is 0 Å². The highest BCUT2D eigenvalue weighted by Gasteiger charge is 2.49. The van der Waals surface area contributed by atoms with Gasteiger partial charge in [0.25, 0.3) is 0 Å². The van der Waals surface area contributed by atoms with Crippen molar-refractivity contribution in [2.75, 3.05) is 0 Å². The van der Waals surface area contributed by atoms with E-state index in [2.05, 4.69) is 0 Å². The molecular formula is C8H13NO. The van der Waals surface area contributed by atoms with Gasteiger partial charge in [0.15, 0.2) is 5.78 Å². The number of hydrogen-bond acceptors (Lipinski definition) is 2. The lowest BCUT2D eigenvalue weighted by Gasteiger charge is -2.26. The first kappa shape index (κ1) is 6.35. The summed E-state index contributed by atoms with van der Waals surface area (Å²) in [6.45, 7) is 0. The van der Waals surface area contributed by atoms with Crippen molar-refractivity contribution in [3.63, 3.8) is 0 Å². The molecule has 2 nitrogen and oxygen atoms in total. The number of carbonyl (C=O) groups excluding carboxylic acids is 1. The molecule has 0 aromatic rings. The Kier molecular flexibility index (Phi) is 1.15. The molecule has 2 N–H and O–H groups in total. The zero-order valence-corrected chi connectivity index (χ0v) is 6.10. The molecule has 0 saturated heterocycles. The molecular weight excluding hydrogens is 126 g/mol. The maximum absolute atomic E-state index is 11.4. The van der Waals surface area contributed by atoms with Crippen molar-refractivity contribution in [1.29, 1.82) is 0 Å². The van der Waals surface area contributed by atoms with Gasteiger partial charge in [-0.05, 0) is 25.7 Å². The summed E-state index contributed by atoms with van der Waals surface area (Å²) in [7, 11) is 0. The van der Waals surface area contributed by atoms with Crippen LogP contribution < -0.4 is 5.73 Å². The van der Waals surface area contributed by atoms with Crippen LogP contribution >= 0.6 is 0 Å². The number of nitrogens with two attached hydrogens (primary N) is 1. The fourth-order valence-electron chi connectivity index (χ4n) is 1.46. The summed E-state index contributed by atoms with van der Waals surface area (Å²) in [6, 6.07) is 0. The maximum Gasteiger partial charge on any atom is 0.155 e. The van der Waals surface area contributed by atoms with Crippen LogP contribution in [0.4, 0.5) is 0 Å². The van der Waals surface area contributed by atoms with Crippen LogP contribution in [0, 0.1) is 5.92 Å². The second-order valence-corrected chi connectivity index (χ2v) is 3.65. The Labute approximate surface area is 60.8 Å². The number of rotatable bonds is 2. The number of carbonyl (C=O) groups is 1. The maximum atomic E-state index is 11.4. The smallest absolute Gasteiger partial charge is 0.155 e. The predicted octanol–water partition coefficient (Wildman–Crippen LogP) is 0.847. The minimum atomic E-state index is -0.356. The van der Waals surface area contributed by atoms with E-state index in [0.717, 1.165) is 25.7 Å². The quantitative estimate of drug-likeness (QED) is 0.616. The van der Waals surface area contributed by atoms with Crippen LogP contribution in [-0.4, -0.2) is 11.3 Å². The highest BCUT2D eigenvalue weighted by molar-refractivity contribution is 5.93. The van der Waals surface area contributed by atoms with E-state index < -0.39 is 0 Å². The highest BCUT2D eigenvalue weighted by atomic mass is 16.1. The van der Waals surface area contributed by atoms with Crippen molar-refractivity contribution in [1.82, 2.24) is 0 Å². The molecule has 2 aliphatic rings. The van der Waals surface area contributed by atoms with Crippen molar-refractivity contribution in [3.05, 3.63) is 0 Å². The van der Waals surface area contributed by atoms with E-state index in [9.17, 15) is 4.79 Å². The van der Waals surface area contributed by atoms with Crippen LogP contribution in [0.5, 0.6) is 0 Å². The molecule has 2 rings (SSSR count). The zero-order chi connectivity index (χ0) is 7.19. The van der Waals surface area contributed by atoms with E-state index in [4.69, 9.17) is 5.73 Å². The van der Waals surface area contributed by atoms with Crippen LogP contribution in [0.15, 0.2) is 0 Å². The molecule has 0 bridgehead atoms. The van der Waals surface area contributed by atoms with Gasteiger partial charge in [0.05, 0.1) is 5.54 Å². The predicted molar refractivity (Wildman–Crippen MR) is 38.5 cm³/mol. The van der Waals surface area contributed by atoms with Crippen molar-refractivity contribution in [3.8, 4) is 0 Å². The molecule has 2 aliphatic carbocycles. The largest absolute Gasteiger partial charge is 0.319 e. The van der Waals surface area contributed by atoms with Gasteiger partial charge in [0.2, 0.25) is 0 Å². The van der Waals surface area contributed by atoms with Crippen LogP contribution in [0.1, 0.15) is 32.1 Å². The number of ketones is 1. The monoisotopic (exact) mass is 139 g/mol. The van der Waals surface area contributed by atoms with Gasteiger partial charge in [-0.2, -0.15) is 0 Å². The molecule has 56 valence electrons. The molecule has 0 aliphatic heterocycles. The first-order chi connectivity index (χ1) is 4.72. The molecule has 2 fully saturated rings. The van der Waals surface area contributed by atoms with Gasteiger partial charge in [0, 0.05) is 5.92 Å². The molecule has 0 amide bonds. The van der Waals surface area contributed by atoms with Gasteiger partial charge < -0.3 is 5.73 Å². The Hall–Kier alpha value is -0.370. The molecule has 2 saturated carbocycles. The van der Waals surface area contributed by atoms with Crippen molar-refractivity contribution >= 4 is 5.78 Å². The molecule has 0 spiro atoms. The molecule has 2 heteroatoms. The van der Waals surface area contributed by atoms with Gasteiger partial charge in [-0.3, -0.25) is 4.79 Å². The summed E-state index contributed by atoms with van der Waals surface area (Å²) in [5.74, 6) is 0.686. The van der Waals surface area contributed by atoms with E-state index >= 15 is 0 Å². The summed E-state index contributed by atoms with van der Waals surface area (Å²) in [4.78, 5) is 11.4. The summed E-state index contributed by atoms with van der Waals surface area (Å²) in [6.07, 6.45) is 5.28. The van der Waals surface area contributed by atoms with Crippen LogP contribution in [0.3, 0.4) is 0 Å². The first-order valence-corrected chi connectivity index (χ1v) is 4.06. The normalized spacial score (nSPS) is 29.3. The summed E-state index contributed by atoms with van der Waals surface area (Å²) in [5, 5.41) is 0. The zero-order valence-electron chi connectivity index (χ0n) is 6.10. The third-order valence-corrected chi connectivity index (χ3v) is 2.76. The topological polar surface area (TPSA) is 43.1 Å². The second kappa shape index (κ2) is 1.82. The summed E-state index contributed by atoms with van der Waals surface area (Å²) >= 11 is 0. The molecule has 0 heterocycles. The van der Waals surface area contributed by atoms with Gasteiger partial charge >= 0.3 is 0 Å². The lowest BCUT2D eigenvalue weighted by Crippen LogP contribution is -2.40. The van der Waals surface area contributed by atoms with Crippen LogP contribution in [-0.2, 0) is 4.79 Å². The highest BCUT2D eigenvalue weighted by Crippen LogP contribution is 2.40. The Balaban J connectivity index is 1.97.